The molecule has 2 N–H and O–H groups in total. The molecule has 2 aromatic rings. The Morgan fingerprint density at radius 1 is 1.03 bits per heavy atom. The van der Waals surface area contributed by atoms with Crippen molar-refractivity contribution in [3.8, 4) is 0 Å². The fourth-order valence-corrected chi connectivity index (χ4v) is 2.72. The fraction of sp³-hybridized carbons (Fsp3) is 0.333. The van der Waals surface area contributed by atoms with Crippen LogP contribution in [0, 0.1) is 12.7 Å². The third-order valence-electron chi connectivity index (χ3n) is 4.41. The van der Waals surface area contributed by atoms with Crippen molar-refractivity contribution < 1.29 is 27.2 Å². The van der Waals surface area contributed by atoms with Gasteiger partial charge in [0.15, 0.2) is 0 Å². The number of carbonyl (C=O) groups is 2. The molecular formula is C21H23F4N3O2. The Morgan fingerprint density at radius 3 is 2.33 bits per heavy atom. The number of halogens is 4. The van der Waals surface area contributed by atoms with Gasteiger partial charge in [-0.2, -0.15) is 13.2 Å². The Hall–Kier alpha value is -2.94. The van der Waals surface area contributed by atoms with Gasteiger partial charge in [-0.05, 0) is 42.8 Å². The molecule has 9 heteroatoms. The van der Waals surface area contributed by atoms with E-state index in [2.05, 4.69) is 10.6 Å². The number of likely N-dealkylation sites (N-methyl/N-ethyl adjacent to an activating group) is 1. The molecule has 2 aromatic carbocycles. The Labute approximate surface area is 172 Å². The molecule has 0 atom stereocenters. The molecule has 162 valence electrons. The molecule has 0 aromatic heterocycles. The Bertz CT molecular complexity index is 900. The highest BCUT2D eigenvalue weighted by Gasteiger charge is 2.33. The predicted octanol–water partition coefficient (Wildman–Crippen LogP) is 3.73. The molecule has 2 rings (SSSR count). The van der Waals surface area contributed by atoms with Crippen LogP contribution in [-0.2, 0) is 22.3 Å². The monoisotopic (exact) mass is 425 g/mol. The maximum Gasteiger partial charge on any atom is 0.418 e. The van der Waals surface area contributed by atoms with Crippen LogP contribution in [0.2, 0.25) is 0 Å². The number of rotatable bonds is 8. The normalized spacial score (nSPS) is 11.4. The second kappa shape index (κ2) is 10.2. The molecule has 5 nitrogen and oxygen atoms in total. The fourth-order valence-electron chi connectivity index (χ4n) is 2.72. The summed E-state index contributed by atoms with van der Waals surface area (Å²) in [6.45, 7) is 3.43. The Balaban J connectivity index is 1.89. The molecule has 0 saturated heterocycles. The minimum atomic E-state index is -4.59. The first-order valence-corrected chi connectivity index (χ1v) is 9.30. The van der Waals surface area contributed by atoms with Gasteiger partial charge in [-0.3, -0.25) is 14.5 Å². The molecule has 0 unspecified atom stereocenters. The van der Waals surface area contributed by atoms with Crippen LogP contribution in [0.1, 0.15) is 23.6 Å². The molecule has 0 bridgehead atoms. The van der Waals surface area contributed by atoms with Gasteiger partial charge in [0.2, 0.25) is 11.8 Å². The van der Waals surface area contributed by atoms with Crippen LogP contribution in [0.15, 0.2) is 42.5 Å². The number of nitrogens with zero attached hydrogens (tertiary/aromatic N) is 1. The van der Waals surface area contributed by atoms with Gasteiger partial charge in [0.25, 0.3) is 0 Å². The zero-order valence-electron chi connectivity index (χ0n) is 16.6. The van der Waals surface area contributed by atoms with Crippen molar-refractivity contribution >= 4 is 17.5 Å². The lowest BCUT2D eigenvalue weighted by molar-refractivity contribution is -0.137. The largest absolute Gasteiger partial charge is 0.418 e. The summed E-state index contributed by atoms with van der Waals surface area (Å²) in [7, 11) is 0. The lowest BCUT2D eigenvalue weighted by Crippen LogP contribution is -2.41. The van der Waals surface area contributed by atoms with Crippen LogP contribution in [0.25, 0.3) is 0 Å². The minimum absolute atomic E-state index is 0.124. The highest BCUT2D eigenvalue weighted by Crippen LogP contribution is 2.34. The first-order chi connectivity index (χ1) is 14.1. The van der Waals surface area contributed by atoms with Crippen LogP contribution in [-0.4, -0.2) is 36.3 Å². The molecule has 0 spiro atoms. The van der Waals surface area contributed by atoms with Gasteiger partial charge >= 0.3 is 6.18 Å². The summed E-state index contributed by atoms with van der Waals surface area (Å²) >= 11 is 0. The second-order valence-electron chi connectivity index (χ2n) is 6.76. The number of para-hydroxylation sites is 1. The molecule has 0 aliphatic heterocycles. The van der Waals surface area contributed by atoms with E-state index in [1.807, 2.05) is 0 Å². The van der Waals surface area contributed by atoms with E-state index < -0.39 is 17.6 Å². The average Bonchev–Trinajstić information content (AvgIpc) is 2.68. The molecule has 0 aliphatic rings. The number of hydrogen-bond acceptors (Lipinski definition) is 3. The maximum atomic E-state index is 13.6. The van der Waals surface area contributed by atoms with Crippen LogP contribution in [0.4, 0.5) is 23.2 Å². The summed E-state index contributed by atoms with van der Waals surface area (Å²) < 4.78 is 52.7. The van der Waals surface area contributed by atoms with E-state index in [-0.39, 0.29) is 37.0 Å². The number of benzene rings is 2. The van der Waals surface area contributed by atoms with Crippen molar-refractivity contribution in [1.29, 1.82) is 0 Å². The van der Waals surface area contributed by atoms with E-state index in [0.717, 1.165) is 6.07 Å². The third-order valence-corrected chi connectivity index (χ3v) is 4.41. The third kappa shape index (κ3) is 6.84. The number of amides is 2. The van der Waals surface area contributed by atoms with E-state index in [1.54, 1.807) is 26.0 Å². The first-order valence-electron chi connectivity index (χ1n) is 9.30. The van der Waals surface area contributed by atoms with E-state index >= 15 is 0 Å². The van der Waals surface area contributed by atoms with Crippen LogP contribution in [0.5, 0.6) is 0 Å². The van der Waals surface area contributed by atoms with Crippen molar-refractivity contribution in [2.75, 3.05) is 25.0 Å². The quantitative estimate of drug-likeness (QED) is 0.634. The minimum Gasteiger partial charge on any atom is -0.351 e. The van der Waals surface area contributed by atoms with Gasteiger partial charge in [-0.15, -0.1) is 0 Å². The summed E-state index contributed by atoms with van der Waals surface area (Å²) in [6.07, 6.45) is -4.59. The highest BCUT2D eigenvalue weighted by atomic mass is 19.4. The topological polar surface area (TPSA) is 61.4 Å². The molecule has 0 heterocycles. The van der Waals surface area contributed by atoms with Gasteiger partial charge in [0.1, 0.15) is 5.82 Å². The lowest BCUT2D eigenvalue weighted by atomic mass is 10.1. The van der Waals surface area contributed by atoms with E-state index in [4.69, 9.17) is 0 Å². The zero-order chi connectivity index (χ0) is 22.3. The van der Waals surface area contributed by atoms with Crippen molar-refractivity contribution in [1.82, 2.24) is 10.2 Å². The number of anilines is 1. The predicted molar refractivity (Wildman–Crippen MR) is 105 cm³/mol. The molecule has 0 radical (unpaired) electrons. The van der Waals surface area contributed by atoms with Crippen molar-refractivity contribution in [2.24, 2.45) is 0 Å². The maximum absolute atomic E-state index is 13.6. The smallest absolute Gasteiger partial charge is 0.351 e. The van der Waals surface area contributed by atoms with Crippen molar-refractivity contribution in [3.63, 3.8) is 0 Å². The molecule has 30 heavy (non-hydrogen) atoms. The molecule has 2 amide bonds. The van der Waals surface area contributed by atoms with Crippen LogP contribution in [0.3, 0.4) is 0 Å². The van der Waals surface area contributed by atoms with Gasteiger partial charge in [0, 0.05) is 6.54 Å². The SMILES string of the molecule is CCN(CC(=O)NCc1ccc(C)c(F)c1)CC(=O)Nc1ccccc1C(F)(F)F. The average molecular weight is 425 g/mol. The number of alkyl halides is 3. The zero-order valence-corrected chi connectivity index (χ0v) is 16.6. The summed E-state index contributed by atoms with van der Waals surface area (Å²) in [4.78, 5) is 25.8. The number of aryl methyl sites for hydroxylation is 1. The molecule has 0 aliphatic carbocycles. The van der Waals surface area contributed by atoms with Gasteiger partial charge < -0.3 is 10.6 Å². The molecule has 0 saturated carbocycles. The summed E-state index contributed by atoms with van der Waals surface area (Å²) in [5.74, 6) is -1.42. The van der Waals surface area contributed by atoms with Crippen LogP contribution >= 0.6 is 0 Å². The lowest BCUT2D eigenvalue weighted by Gasteiger charge is -2.20. The summed E-state index contributed by atoms with van der Waals surface area (Å²) in [6, 6.07) is 9.32. The van der Waals surface area contributed by atoms with Gasteiger partial charge in [-0.1, -0.05) is 31.2 Å². The Kier molecular flexibility index (Phi) is 7.93. The van der Waals surface area contributed by atoms with E-state index in [1.165, 1.54) is 29.2 Å². The second-order valence-corrected chi connectivity index (χ2v) is 6.76. The molecule has 0 fully saturated rings. The van der Waals surface area contributed by atoms with Gasteiger partial charge in [0.05, 0.1) is 24.3 Å². The summed E-state index contributed by atoms with van der Waals surface area (Å²) in [5, 5.41) is 4.89. The Morgan fingerprint density at radius 2 is 1.70 bits per heavy atom. The van der Waals surface area contributed by atoms with Crippen LogP contribution < -0.4 is 10.6 Å². The number of carbonyl (C=O) groups excluding carboxylic acids is 2. The summed E-state index contributed by atoms with van der Waals surface area (Å²) in [5.41, 5.74) is -0.183. The number of nitrogens with one attached hydrogen (secondary N) is 2. The highest BCUT2D eigenvalue weighted by molar-refractivity contribution is 5.93. The standard InChI is InChI=1S/C21H23F4N3O2/c1-3-28(12-19(29)26-11-15-9-8-14(2)17(22)10-15)13-20(30)27-18-7-5-4-6-16(18)21(23,24)25/h4-10H,3,11-13H2,1-2H3,(H,26,29)(H,27,30). The van der Waals surface area contributed by atoms with Crippen molar-refractivity contribution in [3.05, 3.63) is 65.0 Å². The first kappa shape index (κ1) is 23.3. The number of hydrogen-bond donors (Lipinski definition) is 2. The van der Waals surface area contributed by atoms with Gasteiger partial charge in [-0.25, -0.2) is 4.39 Å². The van der Waals surface area contributed by atoms with E-state index in [0.29, 0.717) is 17.7 Å². The van der Waals surface area contributed by atoms with E-state index in [9.17, 15) is 27.2 Å². The molecular weight excluding hydrogens is 402 g/mol. The van der Waals surface area contributed by atoms with Crippen molar-refractivity contribution in [2.45, 2.75) is 26.6 Å².